The van der Waals surface area contributed by atoms with Crippen LogP contribution in [0.3, 0.4) is 0 Å². The van der Waals surface area contributed by atoms with Gasteiger partial charge in [-0.05, 0) is 36.4 Å². The maximum Gasteiger partial charge on any atom is 0.165 e. The van der Waals surface area contributed by atoms with E-state index in [0.29, 0.717) is 23.3 Å². The first kappa shape index (κ1) is 32.1. The zero-order valence-electron chi connectivity index (χ0n) is 30.0. The highest BCUT2D eigenvalue weighted by atomic mass is 32.1. The molecule has 8 heteroatoms. The molecule has 0 saturated carbocycles. The predicted molar refractivity (Wildman–Crippen MR) is 236 cm³/mol. The van der Waals surface area contributed by atoms with Crippen molar-refractivity contribution < 1.29 is 4.42 Å². The molecule has 0 fully saturated rings. The summed E-state index contributed by atoms with van der Waals surface area (Å²) in [5, 5.41) is 5.49. The molecular formula is C49H27N5OS2. The quantitative estimate of drug-likeness (QED) is 0.174. The third-order valence-corrected chi connectivity index (χ3v) is 13.0. The Balaban J connectivity index is 1.04. The summed E-state index contributed by atoms with van der Waals surface area (Å²) in [6.07, 6.45) is 0. The molecule has 0 unspecified atom stereocenters. The van der Waals surface area contributed by atoms with Crippen molar-refractivity contribution in [2.45, 2.75) is 0 Å². The van der Waals surface area contributed by atoms with Crippen molar-refractivity contribution in [2.75, 3.05) is 0 Å². The molecule has 0 aliphatic rings. The largest absolute Gasteiger partial charge is 0.456 e. The lowest BCUT2D eigenvalue weighted by Gasteiger charge is -2.09. The van der Waals surface area contributed by atoms with Gasteiger partial charge in [0.05, 0.1) is 15.9 Å². The number of benzene rings is 7. The average molecular weight is 766 g/mol. The summed E-state index contributed by atoms with van der Waals surface area (Å²) in [5.74, 6) is 2.48. The first-order valence-electron chi connectivity index (χ1n) is 18.7. The molecule has 266 valence electrons. The minimum Gasteiger partial charge on any atom is -0.456 e. The lowest BCUT2D eigenvalue weighted by Crippen LogP contribution is -2.00. The van der Waals surface area contributed by atoms with Crippen LogP contribution in [0.5, 0.6) is 0 Å². The van der Waals surface area contributed by atoms with Gasteiger partial charge in [0.25, 0.3) is 0 Å². The highest BCUT2D eigenvalue weighted by Gasteiger charge is 2.21. The molecule has 5 aromatic heterocycles. The Morgan fingerprint density at radius 2 is 0.982 bits per heavy atom. The second-order valence-corrected chi connectivity index (χ2v) is 16.1. The molecule has 6 nitrogen and oxygen atoms in total. The van der Waals surface area contributed by atoms with Crippen molar-refractivity contribution in [1.29, 1.82) is 0 Å². The fourth-order valence-electron chi connectivity index (χ4n) is 7.92. The van der Waals surface area contributed by atoms with Crippen LogP contribution in [-0.2, 0) is 0 Å². The van der Waals surface area contributed by atoms with E-state index in [4.69, 9.17) is 29.3 Å². The van der Waals surface area contributed by atoms with Gasteiger partial charge in [-0.2, -0.15) is 0 Å². The summed E-state index contributed by atoms with van der Waals surface area (Å²) in [7, 11) is 0. The molecule has 0 aliphatic carbocycles. The van der Waals surface area contributed by atoms with Gasteiger partial charge >= 0.3 is 0 Å². The summed E-state index contributed by atoms with van der Waals surface area (Å²) in [4.78, 5) is 25.8. The van der Waals surface area contributed by atoms with Crippen LogP contribution in [0.1, 0.15) is 0 Å². The summed E-state index contributed by atoms with van der Waals surface area (Å²) < 4.78 is 11.3. The van der Waals surface area contributed by atoms with E-state index < -0.39 is 0 Å². The van der Waals surface area contributed by atoms with Gasteiger partial charge in [-0.15, -0.1) is 22.7 Å². The summed E-state index contributed by atoms with van der Waals surface area (Å²) in [6, 6.07) is 56.2. The van der Waals surface area contributed by atoms with Crippen LogP contribution in [0.4, 0.5) is 0 Å². The van der Waals surface area contributed by atoms with Gasteiger partial charge in [0, 0.05) is 68.8 Å². The molecule has 12 aromatic rings. The standard InChI is InChI=1S/C49H27N5OS2/c1-3-13-28(14-4-1)42-45-43(34-18-8-10-24-40(34)57-45)51-48(50-42)35-20-12-22-37-41(35)33-26-25-30(27-38(33)55-37)47-52-46(29-15-5-2-6-16-29)53-49(54-47)36-21-11-19-32-31-17-7-9-23-39(31)56-44(32)36/h1-27H. The molecule has 0 radical (unpaired) electrons. The van der Waals surface area contributed by atoms with Gasteiger partial charge in [-0.25, -0.2) is 24.9 Å². The number of furan rings is 1. The lowest BCUT2D eigenvalue weighted by molar-refractivity contribution is 0.669. The Hall–Kier alpha value is -7.13. The van der Waals surface area contributed by atoms with Crippen LogP contribution >= 0.6 is 22.7 Å². The molecule has 12 rings (SSSR count). The minimum atomic E-state index is 0.574. The Bertz CT molecular complexity index is 3540. The van der Waals surface area contributed by atoms with Gasteiger partial charge in [0.1, 0.15) is 11.2 Å². The molecule has 57 heavy (non-hydrogen) atoms. The van der Waals surface area contributed by atoms with Crippen LogP contribution in [0.2, 0.25) is 0 Å². The van der Waals surface area contributed by atoms with Gasteiger partial charge < -0.3 is 4.42 Å². The van der Waals surface area contributed by atoms with Crippen molar-refractivity contribution in [3.05, 3.63) is 164 Å². The number of nitrogens with zero attached hydrogens (tertiary/aromatic N) is 5. The van der Waals surface area contributed by atoms with Crippen LogP contribution in [-0.4, -0.2) is 24.9 Å². The number of rotatable bonds is 5. The fourth-order valence-corrected chi connectivity index (χ4v) is 10.3. The van der Waals surface area contributed by atoms with Gasteiger partial charge in [-0.3, -0.25) is 0 Å². The Morgan fingerprint density at radius 1 is 0.368 bits per heavy atom. The van der Waals surface area contributed by atoms with E-state index >= 15 is 0 Å². The van der Waals surface area contributed by atoms with Crippen LogP contribution < -0.4 is 0 Å². The van der Waals surface area contributed by atoms with Gasteiger partial charge in [0.2, 0.25) is 0 Å². The highest BCUT2D eigenvalue weighted by molar-refractivity contribution is 7.26. The van der Waals surface area contributed by atoms with E-state index in [1.54, 1.807) is 22.7 Å². The van der Waals surface area contributed by atoms with Crippen LogP contribution in [0.15, 0.2) is 168 Å². The van der Waals surface area contributed by atoms with E-state index in [2.05, 4.69) is 109 Å². The highest BCUT2D eigenvalue weighted by Crippen LogP contribution is 2.43. The third-order valence-electron chi connectivity index (χ3n) is 10.6. The maximum absolute atomic E-state index is 6.63. The molecule has 0 aliphatic heterocycles. The molecule has 5 heterocycles. The summed E-state index contributed by atoms with van der Waals surface area (Å²) in [6.45, 7) is 0. The molecule has 0 atom stereocenters. The topological polar surface area (TPSA) is 77.6 Å². The smallest absolute Gasteiger partial charge is 0.165 e. The molecule has 7 aromatic carbocycles. The zero-order valence-corrected chi connectivity index (χ0v) is 31.7. The number of fused-ring (bicyclic) bond motifs is 9. The van der Waals surface area contributed by atoms with Crippen molar-refractivity contribution in [2.24, 2.45) is 0 Å². The van der Waals surface area contributed by atoms with Crippen LogP contribution in [0.25, 0.3) is 119 Å². The molecule has 0 bridgehead atoms. The number of hydrogen-bond acceptors (Lipinski definition) is 8. The second kappa shape index (κ2) is 12.7. The van der Waals surface area contributed by atoms with Crippen molar-refractivity contribution >= 4 is 85.1 Å². The second-order valence-electron chi connectivity index (χ2n) is 14.0. The monoisotopic (exact) mass is 765 g/mol. The van der Waals surface area contributed by atoms with Gasteiger partial charge in [0.15, 0.2) is 23.3 Å². The minimum absolute atomic E-state index is 0.574. The molecule has 0 saturated heterocycles. The Kier molecular flexibility index (Phi) is 7.17. The maximum atomic E-state index is 6.63. The molecule has 0 amide bonds. The van der Waals surface area contributed by atoms with Crippen molar-refractivity contribution in [1.82, 2.24) is 24.9 Å². The molecular weight excluding hydrogens is 739 g/mol. The van der Waals surface area contributed by atoms with E-state index in [0.717, 1.165) is 75.8 Å². The summed E-state index contributed by atoms with van der Waals surface area (Å²) in [5.41, 5.74) is 8.09. The van der Waals surface area contributed by atoms with Crippen molar-refractivity contribution in [3.63, 3.8) is 0 Å². The lowest BCUT2D eigenvalue weighted by atomic mass is 10.0. The van der Waals surface area contributed by atoms with E-state index in [1.165, 1.54) is 20.2 Å². The van der Waals surface area contributed by atoms with E-state index in [1.807, 2.05) is 54.6 Å². The molecule has 0 N–H and O–H groups in total. The summed E-state index contributed by atoms with van der Waals surface area (Å²) >= 11 is 3.50. The van der Waals surface area contributed by atoms with E-state index in [-0.39, 0.29) is 0 Å². The SMILES string of the molecule is c1ccc(-c2nc(-c3ccc4c(c3)oc3cccc(-c5nc(-c6ccccc6)c6sc7ccccc7c6n5)c34)nc(-c3cccc4c3sc3ccccc34)n2)cc1. The average Bonchev–Trinajstić information content (AvgIpc) is 3.97. The number of thiophene rings is 2. The Morgan fingerprint density at radius 3 is 1.81 bits per heavy atom. The first-order chi connectivity index (χ1) is 28.2. The molecule has 0 spiro atoms. The Labute approximate surface area is 333 Å². The zero-order chi connectivity index (χ0) is 37.5. The van der Waals surface area contributed by atoms with Crippen molar-refractivity contribution in [3.8, 4) is 56.8 Å². The number of aromatic nitrogens is 5. The predicted octanol–water partition coefficient (Wildman–Crippen LogP) is 13.6. The fraction of sp³-hybridized carbons (Fsp3) is 0. The van der Waals surface area contributed by atoms with E-state index in [9.17, 15) is 0 Å². The van der Waals surface area contributed by atoms with Crippen LogP contribution in [0, 0.1) is 0 Å². The van der Waals surface area contributed by atoms with Gasteiger partial charge in [-0.1, -0.05) is 127 Å². The normalized spacial score (nSPS) is 11.9. The first-order valence-corrected chi connectivity index (χ1v) is 20.3. The third kappa shape index (κ3) is 5.19. The number of hydrogen-bond donors (Lipinski definition) is 0.